The molecular formula is C26H37N3O7S. The van der Waals surface area contributed by atoms with Crippen LogP contribution in [0.25, 0.3) is 0 Å². The van der Waals surface area contributed by atoms with E-state index >= 15 is 0 Å². The van der Waals surface area contributed by atoms with E-state index in [-0.39, 0.29) is 29.9 Å². The Labute approximate surface area is 219 Å². The van der Waals surface area contributed by atoms with Gasteiger partial charge in [0.05, 0.1) is 33.3 Å². The quantitative estimate of drug-likeness (QED) is 0.419. The van der Waals surface area contributed by atoms with E-state index in [0.29, 0.717) is 17.9 Å². The van der Waals surface area contributed by atoms with E-state index in [1.807, 2.05) is 19.9 Å². The first-order valence-corrected chi connectivity index (χ1v) is 13.7. The lowest BCUT2D eigenvalue weighted by molar-refractivity contribution is -0.140. The fourth-order valence-electron chi connectivity index (χ4n) is 3.85. The summed E-state index contributed by atoms with van der Waals surface area (Å²) < 4.78 is 42.7. The molecule has 0 saturated carbocycles. The van der Waals surface area contributed by atoms with E-state index in [1.165, 1.54) is 25.2 Å². The fourth-order valence-corrected chi connectivity index (χ4v) is 4.70. The lowest BCUT2D eigenvalue weighted by Crippen LogP contribution is -2.53. The molecule has 0 aliphatic heterocycles. The van der Waals surface area contributed by atoms with Gasteiger partial charge in [0.15, 0.2) is 0 Å². The molecule has 0 unspecified atom stereocenters. The number of ether oxygens (including phenoxy) is 3. The van der Waals surface area contributed by atoms with Crippen LogP contribution in [0.3, 0.4) is 0 Å². The summed E-state index contributed by atoms with van der Waals surface area (Å²) in [6.45, 7) is 5.00. The van der Waals surface area contributed by atoms with Crippen LogP contribution >= 0.6 is 0 Å². The molecule has 1 atom stereocenters. The summed E-state index contributed by atoms with van der Waals surface area (Å²) in [5.74, 6) is 0.377. The normalized spacial score (nSPS) is 12.0. The number of carbonyl (C=O) groups excluding carboxylic acids is 2. The fraction of sp³-hybridized carbons (Fsp3) is 0.462. The van der Waals surface area contributed by atoms with Gasteiger partial charge in [0.25, 0.3) is 0 Å². The Morgan fingerprint density at radius 1 is 0.973 bits per heavy atom. The van der Waals surface area contributed by atoms with Crippen molar-refractivity contribution in [3.8, 4) is 17.2 Å². The van der Waals surface area contributed by atoms with Gasteiger partial charge in [-0.15, -0.1) is 0 Å². The third-order valence-electron chi connectivity index (χ3n) is 5.64. The number of hydrogen-bond acceptors (Lipinski definition) is 7. The van der Waals surface area contributed by atoms with Crippen LogP contribution in [-0.2, 0) is 26.2 Å². The molecule has 0 radical (unpaired) electrons. The molecule has 2 aromatic rings. The lowest BCUT2D eigenvalue weighted by atomic mass is 10.1. The van der Waals surface area contributed by atoms with Crippen LogP contribution in [0.15, 0.2) is 42.5 Å². The average Bonchev–Trinajstić information content (AvgIpc) is 2.85. The highest BCUT2D eigenvalue weighted by Crippen LogP contribution is 2.34. The van der Waals surface area contributed by atoms with Gasteiger partial charge < -0.3 is 24.4 Å². The molecule has 11 heteroatoms. The first-order chi connectivity index (χ1) is 17.4. The van der Waals surface area contributed by atoms with Crippen LogP contribution in [0.1, 0.15) is 32.8 Å². The van der Waals surface area contributed by atoms with Gasteiger partial charge in [0, 0.05) is 18.7 Å². The topological polar surface area (TPSA) is 114 Å². The third kappa shape index (κ3) is 8.01. The molecule has 204 valence electrons. The summed E-state index contributed by atoms with van der Waals surface area (Å²) in [5.41, 5.74) is 0.882. The Balaban J connectivity index is 2.55. The second kappa shape index (κ2) is 13.2. The molecule has 0 saturated heterocycles. The molecule has 0 aliphatic rings. The number of nitrogens with zero attached hydrogens (tertiary/aromatic N) is 2. The number of carbonyl (C=O) groups is 2. The highest BCUT2D eigenvalue weighted by Gasteiger charge is 2.33. The van der Waals surface area contributed by atoms with Gasteiger partial charge in [-0.25, -0.2) is 8.42 Å². The summed E-state index contributed by atoms with van der Waals surface area (Å²) in [7, 11) is 0.474. The van der Waals surface area contributed by atoms with Crippen LogP contribution in [-0.4, -0.2) is 71.3 Å². The summed E-state index contributed by atoms with van der Waals surface area (Å²) in [4.78, 5) is 28.3. The zero-order chi connectivity index (χ0) is 27.8. The smallest absolute Gasteiger partial charge is 0.244 e. The summed E-state index contributed by atoms with van der Waals surface area (Å²) in [6.07, 6.45) is 1.34. The van der Waals surface area contributed by atoms with Crippen LogP contribution in [0.4, 0.5) is 5.69 Å². The second-order valence-corrected chi connectivity index (χ2v) is 10.7. The Bertz CT molecular complexity index is 1180. The predicted octanol–water partition coefficient (Wildman–Crippen LogP) is 2.81. The minimum absolute atomic E-state index is 0.0763. The van der Waals surface area contributed by atoms with Gasteiger partial charge >= 0.3 is 0 Å². The Hall–Kier alpha value is -3.47. The van der Waals surface area contributed by atoms with Crippen molar-refractivity contribution >= 4 is 27.5 Å². The monoisotopic (exact) mass is 535 g/mol. The van der Waals surface area contributed by atoms with Crippen molar-refractivity contribution < 1.29 is 32.2 Å². The zero-order valence-electron chi connectivity index (χ0n) is 22.5. The van der Waals surface area contributed by atoms with Gasteiger partial charge in [-0.1, -0.05) is 19.1 Å². The van der Waals surface area contributed by atoms with Gasteiger partial charge in [0.2, 0.25) is 21.8 Å². The van der Waals surface area contributed by atoms with Crippen LogP contribution in [0.5, 0.6) is 17.2 Å². The molecule has 0 bridgehead atoms. The molecule has 0 fully saturated rings. The summed E-state index contributed by atoms with van der Waals surface area (Å²) >= 11 is 0. The number of methoxy groups -OCH3 is 3. The van der Waals surface area contributed by atoms with Gasteiger partial charge in [-0.05, 0) is 50.1 Å². The molecule has 0 heterocycles. The van der Waals surface area contributed by atoms with Gasteiger partial charge in [-0.2, -0.15) is 0 Å². The average molecular weight is 536 g/mol. The summed E-state index contributed by atoms with van der Waals surface area (Å²) in [5, 5.41) is 2.86. The Morgan fingerprint density at radius 3 is 2.16 bits per heavy atom. The van der Waals surface area contributed by atoms with Gasteiger partial charge in [-0.3, -0.25) is 13.9 Å². The number of hydrogen-bond donors (Lipinski definition) is 1. The molecule has 10 nitrogen and oxygen atoms in total. The van der Waals surface area contributed by atoms with Crippen molar-refractivity contribution in [3.63, 3.8) is 0 Å². The number of rotatable bonds is 13. The first kappa shape index (κ1) is 29.8. The van der Waals surface area contributed by atoms with Crippen molar-refractivity contribution in [1.29, 1.82) is 0 Å². The maximum atomic E-state index is 13.8. The molecule has 2 aromatic carbocycles. The van der Waals surface area contributed by atoms with E-state index in [9.17, 15) is 18.0 Å². The van der Waals surface area contributed by atoms with E-state index in [1.54, 1.807) is 44.4 Å². The highest BCUT2D eigenvalue weighted by molar-refractivity contribution is 7.92. The van der Waals surface area contributed by atoms with E-state index in [4.69, 9.17) is 14.2 Å². The zero-order valence-corrected chi connectivity index (χ0v) is 23.3. The number of amides is 2. The predicted molar refractivity (Wildman–Crippen MR) is 143 cm³/mol. The van der Waals surface area contributed by atoms with Crippen molar-refractivity contribution in [2.75, 3.05) is 38.4 Å². The molecule has 2 rings (SSSR count). The van der Waals surface area contributed by atoms with E-state index in [2.05, 4.69) is 5.32 Å². The molecule has 0 aromatic heterocycles. The van der Waals surface area contributed by atoms with Gasteiger partial charge in [0.1, 0.15) is 29.8 Å². The lowest BCUT2D eigenvalue weighted by Gasteiger charge is -2.33. The molecular weight excluding hydrogens is 498 g/mol. The molecule has 1 N–H and O–H groups in total. The van der Waals surface area contributed by atoms with E-state index < -0.39 is 28.5 Å². The number of anilines is 1. The van der Waals surface area contributed by atoms with E-state index in [0.717, 1.165) is 16.1 Å². The Morgan fingerprint density at radius 2 is 1.62 bits per heavy atom. The first-order valence-electron chi connectivity index (χ1n) is 11.9. The highest BCUT2D eigenvalue weighted by atomic mass is 32.2. The number of benzene rings is 2. The molecule has 37 heavy (non-hydrogen) atoms. The standard InChI is InChI=1S/C26H37N3O7S/c1-8-22(26(31)27-18(2)3)28(16-19-10-9-11-20(14-19)34-4)25(30)17-29(37(7,32)33)23-15-21(35-5)12-13-24(23)36-6/h9-15,18,22H,8,16-17H2,1-7H3,(H,27,31)/t22-/m0/s1. The van der Waals surface area contributed by atoms with Crippen molar-refractivity contribution in [3.05, 3.63) is 48.0 Å². The largest absolute Gasteiger partial charge is 0.497 e. The summed E-state index contributed by atoms with van der Waals surface area (Å²) in [6, 6.07) is 10.9. The Kier molecular flexibility index (Phi) is 10.6. The molecule has 0 aliphatic carbocycles. The minimum Gasteiger partial charge on any atom is -0.497 e. The second-order valence-electron chi connectivity index (χ2n) is 8.77. The molecule has 0 spiro atoms. The maximum Gasteiger partial charge on any atom is 0.244 e. The maximum absolute atomic E-state index is 13.8. The van der Waals surface area contributed by atoms with Crippen molar-refractivity contribution in [2.45, 2.75) is 45.8 Å². The molecule has 2 amide bonds. The third-order valence-corrected chi connectivity index (χ3v) is 6.76. The number of sulfonamides is 1. The SMILES string of the molecule is CC[C@@H](C(=O)NC(C)C)N(Cc1cccc(OC)c1)C(=O)CN(c1cc(OC)ccc1OC)S(C)(=O)=O. The van der Waals surface area contributed by atoms with Crippen LogP contribution in [0.2, 0.25) is 0 Å². The minimum atomic E-state index is -3.93. The van der Waals surface area contributed by atoms with Crippen LogP contribution < -0.4 is 23.8 Å². The number of nitrogens with one attached hydrogen (secondary N) is 1. The van der Waals surface area contributed by atoms with Crippen molar-refractivity contribution in [1.82, 2.24) is 10.2 Å². The van der Waals surface area contributed by atoms with Crippen LogP contribution in [0, 0.1) is 0 Å². The van der Waals surface area contributed by atoms with Crippen molar-refractivity contribution in [2.24, 2.45) is 0 Å².